The van der Waals surface area contributed by atoms with Crippen LogP contribution in [-0.4, -0.2) is 17.8 Å². The molecule has 2 aromatic carbocycles. The number of aliphatic hydroxyl groups excluding tert-OH is 1. The van der Waals surface area contributed by atoms with Crippen molar-refractivity contribution in [1.82, 2.24) is 0 Å². The van der Waals surface area contributed by atoms with Gasteiger partial charge >= 0.3 is 0 Å². The summed E-state index contributed by atoms with van der Waals surface area (Å²) >= 11 is 0. The molecule has 9 unspecified atom stereocenters. The average molecular weight is 637 g/mol. The summed E-state index contributed by atoms with van der Waals surface area (Å²) in [4.78, 5) is 0. The second-order valence-electron chi connectivity index (χ2n) is 19.3. The van der Waals surface area contributed by atoms with Crippen LogP contribution in [0.2, 0.25) is 0 Å². The summed E-state index contributed by atoms with van der Waals surface area (Å²) in [5.74, 6) is 9.16. The summed E-state index contributed by atoms with van der Waals surface area (Å²) in [7, 11) is 0. The van der Waals surface area contributed by atoms with E-state index in [4.69, 9.17) is 4.74 Å². The smallest absolute Gasteiger partial charge is 0.127 e. The van der Waals surface area contributed by atoms with Crippen molar-refractivity contribution in [1.29, 1.82) is 0 Å². The normalized spacial score (nSPS) is 39.7. The molecular formula is C45H64O2. The SMILES string of the molecule is Cc1ccc(-c2c(OCC3CC3(C)C)cc(CC3CCC(C4CCC(C)(C(O)C5CC5C)CC4)C(C)C4CC4C3)cc2C2CC2)cc1. The van der Waals surface area contributed by atoms with E-state index in [0.717, 1.165) is 53.8 Å². The summed E-state index contributed by atoms with van der Waals surface area (Å²) in [5.41, 5.74) is 7.72. The zero-order valence-electron chi connectivity index (χ0n) is 30.6. The van der Waals surface area contributed by atoms with Gasteiger partial charge in [-0.3, -0.25) is 0 Å². The largest absolute Gasteiger partial charge is 0.493 e. The minimum Gasteiger partial charge on any atom is -0.493 e. The molecule has 0 bridgehead atoms. The fourth-order valence-corrected chi connectivity index (χ4v) is 11.0. The fourth-order valence-electron chi connectivity index (χ4n) is 11.0. The quantitative estimate of drug-likeness (QED) is 0.281. The summed E-state index contributed by atoms with van der Waals surface area (Å²) in [6, 6.07) is 14.3. The lowest BCUT2D eigenvalue weighted by Gasteiger charge is -2.45. The van der Waals surface area contributed by atoms with Crippen molar-refractivity contribution in [2.75, 3.05) is 6.61 Å². The molecule has 6 aliphatic carbocycles. The van der Waals surface area contributed by atoms with Crippen LogP contribution >= 0.6 is 0 Å². The minimum absolute atomic E-state index is 0.0760. The van der Waals surface area contributed by atoms with Crippen molar-refractivity contribution < 1.29 is 9.84 Å². The van der Waals surface area contributed by atoms with E-state index in [9.17, 15) is 5.11 Å². The van der Waals surface area contributed by atoms with Gasteiger partial charge in [0.15, 0.2) is 0 Å². The number of benzene rings is 2. The Kier molecular flexibility index (Phi) is 8.42. The van der Waals surface area contributed by atoms with Crippen LogP contribution in [-0.2, 0) is 6.42 Å². The second kappa shape index (κ2) is 12.2. The van der Waals surface area contributed by atoms with Gasteiger partial charge in [-0.2, -0.15) is 0 Å². The standard InChI is InChI=1S/C45H64O2/c1-27-7-10-34(11-8-27)42-40(32-12-13-32)22-31(23-41(42)47-26-36-25-44(36,4)5)20-30-9-14-37(29(3)39-24-35(39)21-30)33-15-17-45(6,18-16-33)43(46)38-19-28(38)2/h7-8,10-11,22-23,28-30,32-33,35-39,43,46H,9,12-21,24-26H2,1-6H3. The van der Waals surface area contributed by atoms with E-state index in [1.807, 2.05) is 0 Å². The van der Waals surface area contributed by atoms with Crippen molar-refractivity contribution >= 4 is 0 Å². The Morgan fingerprint density at radius 2 is 1.55 bits per heavy atom. The second-order valence-corrected chi connectivity index (χ2v) is 19.3. The third-order valence-corrected chi connectivity index (χ3v) is 15.2. The van der Waals surface area contributed by atoms with Crippen LogP contribution in [0.5, 0.6) is 5.75 Å². The van der Waals surface area contributed by atoms with Gasteiger partial charge in [-0.15, -0.1) is 0 Å². The Labute approximate surface area is 286 Å². The summed E-state index contributed by atoms with van der Waals surface area (Å²) < 4.78 is 6.85. The van der Waals surface area contributed by atoms with E-state index in [2.05, 4.69) is 77.9 Å². The molecule has 9 atom stereocenters. The maximum Gasteiger partial charge on any atom is 0.127 e. The molecule has 6 saturated carbocycles. The Hall–Kier alpha value is -1.80. The van der Waals surface area contributed by atoms with Crippen molar-refractivity contribution in [3.8, 4) is 16.9 Å². The third-order valence-electron chi connectivity index (χ3n) is 15.2. The number of aryl methyl sites for hydroxylation is 1. The van der Waals surface area contributed by atoms with E-state index in [0.29, 0.717) is 23.2 Å². The highest BCUT2D eigenvalue weighted by Crippen LogP contribution is 2.59. The van der Waals surface area contributed by atoms with E-state index < -0.39 is 0 Å². The first-order chi connectivity index (χ1) is 22.5. The predicted molar refractivity (Wildman–Crippen MR) is 195 cm³/mol. The van der Waals surface area contributed by atoms with Crippen LogP contribution in [0.1, 0.15) is 134 Å². The lowest BCUT2D eigenvalue weighted by atomic mass is 9.61. The molecular weight excluding hydrogens is 572 g/mol. The molecule has 0 saturated heterocycles. The van der Waals surface area contributed by atoms with Crippen LogP contribution in [0.3, 0.4) is 0 Å². The molecule has 8 rings (SSSR count). The van der Waals surface area contributed by atoms with Gasteiger partial charge in [0.1, 0.15) is 5.75 Å². The zero-order valence-corrected chi connectivity index (χ0v) is 30.6. The number of hydrogen-bond donors (Lipinski definition) is 1. The summed E-state index contributed by atoms with van der Waals surface area (Å²) in [6.07, 6.45) is 17.2. The Balaban J connectivity index is 0.997. The molecule has 256 valence electrons. The number of rotatable bonds is 10. The van der Waals surface area contributed by atoms with Crippen molar-refractivity contribution in [2.45, 2.75) is 137 Å². The molecule has 2 heteroatoms. The lowest BCUT2D eigenvalue weighted by molar-refractivity contribution is -0.0292. The highest BCUT2D eigenvalue weighted by Gasteiger charge is 2.51. The van der Waals surface area contributed by atoms with Gasteiger partial charge in [-0.05, 0) is 183 Å². The molecule has 0 aliphatic heterocycles. The van der Waals surface area contributed by atoms with Gasteiger partial charge in [0, 0.05) is 5.56 Å². The predicted octanol–water partition coefficient (Wildman–Crippen LogP) is 11.4. The molecule has 2 aromatic rings. The van der Waals surface area contributed by atoms with Gasteiger partial charge < -0.3 is 9.84 Å². The van der Waals surface area contributed by atoms with Crippen LogP contribution in [0.25, 0.3) is 11.1 Å². The van der Waals surface area contributed by atoms with Crippen LogP contribution in [0.15, 0.2) is 36.4 Å². The van der Waals surface area contributed by atoms with Crippen molar-refractivity contribution in [2.24, 2.45) is 64.1 Å². The molecule has 6 aliphatic rings. The molecule has 0 radical (unpaired) electrons. The highest BCUT2D eigenvalue weighted by atomic mass is 16.5. The van der Waals surface area contributed by atoms with Crippen molar-refractivity contribution in [3.63, 3.8) is 0 Å². The number of aliphatic hydroxyl groups is 1. The molecule has 2 nitrogen and oxygen atoms in total. The van der Waals surface area contributed by atoms with Crippen LogP contribution < -0.4 is 4.74 Å². The van der Waals surface area contributed by atoms with E-state index in [1.54, 1.807) is 5.56 Å². The summed E-state index contributed by atoms with van der Waals surface area (Å²) in [6.45, 7) is 15.2. The fraction of sp³-hybridized carbons (Fsp3) is 0.733. The van der Waals surface area contributed by atoms with Gasteiger partial charge in [0.05, 0.1) is 12.7 Å². The number of ether oxygens (including phenoxy) is 1. The Bertz CT molecular complexity index is 1420. The van der Waals surface area contributed by atoms with Gasteiger partial charge in [0.25, 0.3) is 0 Å². The van der Waals surface area contributed by atoms with Crippen LogP contribution in [0.4, 0.5) is 0 Å². The van der Waals surface area contributed by atoms with E-state index in [-0.39, 0.29) is 11.5 Å². The van der Waals surface area contributed by atoms with Crippen molar-refractivity contribution in [3.05, 3.63) is 53.1 Å². The number of fused-ring (bicyclic) bond motifs is 1. The topological polar surface area (TPSA) is 29.5 Å². The first-order valence-corrected chi connectivity index (χ1v) is 20.0. The molecule has 1 N–H and O–H groups in total. The number of hydrogen-bond acceptors (Lipinski definition) is 2. The average Bonchev–Trinajstić information content (AvgIpc) is 3.86. The van der Waals surface area contributed by atoms with Gasteiger partial charge in [-0.25, -0.2) is 0 Å². The van der Waals surface area contributed by atoms with Gasteiger partial charge in [0.2, 0.25) is 0 Å². The Morgan fingerprint density at radius 3 is 2.19 bits per heavy atom. The maximum absolute atomic E-state index is 11.2. The Morgan fingerprint density at radius 1 is 0.851 bits per heavy atom. The first kappa shape index (κ1) is 32.4. The first-order valence-electron chi connectivity index (χ1n) is 20.0. The lowest BCUT2D eigenvalue weighted by Crippen LogP contribution is -2.40. The van der Waals surface area contributed by atoms with E-state index >= 15 is 0 Å². The monoisotopic (exact) mass is 636 g/mol. The molecule has 0 aromatic heterocycles. The highest BCUT2D eigenvalue weighted by molar-refractivity contribution is 5.76. The third kappa shape index (κ3) is 6.72. The molecule has 0 heterocycles. The molecule has 0 spiro atoms. The zero-order chi connectivity index (χ0) is 32.7. The van der Waals surface area contributed by atoms with Gasteiger partial charge in [-0.1, -0.05) is 70.5 Å². The molecule has 47 heavy (non-hydrogen) atoms. The van der Waals surface area contributed by atoms with E-state index in [1.165, 1.54) is 106 Å². The van der Waals surface area contributed by atoms with Crippen LogP contribution in [0, 0.1) is 71.0 Å². The minimum atomic E-state index is -0.0760. The molecule has 6 fully saturated rings. The molecule has 0 amide bonds. The maximum atomic E-state index is 11.2. The summed E-state index contributed by atoms with van der Waals surface area (Å²) in [5, 5.41) is 11.2.